The first-order valence-electron chi connectivity index (χ1n) is 12.8. The van der Waals surface area contributed by atoms with Gasteiger partial charge in [-0.3, -0.25) is 9.69 Å². The number of aliphatic carboxylic acids is 1. The lowest BCUT2D eigenvalue weighted by molar-refractivity contribution is -0.137. The fourth-order valence-electron chi connectivity index (χ4n) is 4.53. The molecule has 0 aromatic heterocycles. The molecular weight excluding hydrogens is 502 g/mol. The Morgan fingerprint density at radius 1 is 0.974 bits per heavy atom. The fourth-order valence-corrected chi connectivity index (χ4v) is 5.80. The molecule has 202 valence electrons. The number of nitrogens with one attached hydrogen (secondary N) is 2. The Hall–Kier alpha value is -3.08. The molecule has 8 nitrogen and oxygen atoms in total. The molecule has 9 heteroatoms. The van der Waals surface area contributed by atoms with E-state index in [2.05, 4.69) is 21.9 Å². The molecule has 0 saturated carbocycles. The van der Waals surface area contributed by atoms with Crippen LogP contribution in [0, 0.1) is 0 Å². The number of hydrogen-bond acceptors (Lipinski definition) is 6. The van der Waals surface area contributed by atoms with Crippen molar-refractivity contribution in [1.29, 1.82) is 0 Å². The molecule has 0 amide bonds. The zero-order valence-electron chi connectivity index (χ0n) is 21.5. The summed E-state index contributed by atoms with van der Waals surface area (Å²) in [6.45, 7) is 7.44. The maximum absolute atomic E-state index is 13.2. The molecule has 0 bridgehead atoms. The average Bonchev–Trinajstić information content (AvgIpc) is 2.93. The molecule has 1 unspecified atom stereocenters. The number of benzene rings is 3. The molecule has 1 aliphatic rings. The standard InChI is InChI=1S/C29H35N3O5S/c1-22(21-32-14-16-37-17-15-32)30-20-23-10-12-24(13-11-23)26-8-5-9-27(18-26)38(35,36)31-28(19-29(33)34)25-6-3-2-4-7-25/h2-13,18,22,28,30-31H,14-17,19-21H2,1H3,(H,33,34)/t22?,28-/m1/s1. The van der Waals surface area contributed by atoms with Crippen LogP contribution in [-0.4, -0.2) is 63.3 Å². The van der Waals surface area contributed by atoms with E-state index in [0.717, 1.165) is 56.1 Å². The van der Waals surface area contributed by atoms with E-state index in [0.29, 0.717) is 11.6 Å². The van der Waals surface area contributed by atoms with Gasteiger partial charge in [-0.15, -0.1) is 0 Å². The van der Waals surface area contributed by atoms with E-state index in [-0.39, 0.29) is 11.3 Å². The monoisotopic (exact) mass is 537 g/mol. The van der Waals surface area contributed by atoms with Crippen molar-refractivity contribution < 1.29 is 23.1 Å². The van der Waals surface area contributed by atoms with Crippen LogP contribution < -0.4 is 10.0 Å². The van der Waals surface area contributed by atoms with E-state index in [1.165, 1.54) is 6.07 Å². The molecular formula is C29H35N3O5S. The van der Waals surface area contributed by atoms with Crippen molar-refractivity contribution >= 4 is 16.0 Å². The zero-order chi connectivity index (χ0) is 27.0. The van der Waals surface area contributed by atoms with Crippen LogP contribution in [0.15, 0.2) is 83.8 Å². The van der Waals surface area contributed by atoms with E-state index >= 15 is 0 Å². The van der Waals surface area contributed by atoms with Gasteiger partial charge in [0, 0.05) is 32.2 Å². The first kappa shape index (κ1) is 27.9. The highest BCUT2D eigenvalue weighted by Gasteiger charge is 2.24. The minimum atomic E-state index is -3.96. The number of carboxylic acid groups (broad SMARTS) is 1. The number of rotatable bonds is 12. The lowest BCUT2D eigenvalue weighted by Gasteiger charge is -2.29. The highest BCUT2D eigenvalue weighted by Crippen LogP contribution is 2.25. The number of sulfonamides is 1. The smallest absolute Gasteiger partial charge is 0.305 e. The van der Waals surface area contributed by atoms with Gasteiger partial charge < -0.3 is 15.2 Å². The van der Waals surface area contributed by atoms with Gasteiger partial charge in [0.2, 0.25) is 10.0 Å². The molecule has 3 aromatic rings. The maximum Gasteiger partial charge on any atom is 0.305 e. The quantitative estimate of drug-likeness (QED) is 0.324. The van der Waals surface area contributed by atoms with Crippen molar-refractivity contribution in [2.75, 3.05) is 32.8 Å². The van der Waals surface area contributed by atoms with Gasteiger partial charge in [-0.25, -0.2) is 13.1 Å². The summed E-state index contributed by atoms with van der Waals surface area (Å²) >= 11 is 0. The Morgan fingerprint density at radius 3 is 2.37 bits per heavy atom. The molecule has 0 radical (unpaired) electrons. The van der Waals surface area contributed by atoms with E-state index < -0.39 is 22.0 Å². The van der Waals surface area contributed by atoms with Gasteiger partial charge in [0.05, 0.1) is 30.6 Å². The van der Waals surface area contributed by atoms with Crippen LogP contribution in [0.1, 0.15) is 30.5 Å². The van der Waals surface area contributed by atoms with Crippen molar-refractivity contribution in [1.82, 2.24) is 14.9 Å². The van der Waals surface area contributed by atoms with Gasteiger partial charge in [-0.2, -0.15) is 0 Å². The molecule has 3 aromatic carbocycles. The summed E-state index contributed by atoms with van der Waals surface area (Å²) in [5.41, 5.74) is 3.41. The molecule has 0 spiro atoms. The summed E-state index contributed by atoms with van der Waals surface area (Å²) in [5.74, 6) is -1.08. The van der Waals surface area contributed by atoms with Gasteiger partial charge in [0.25, 0.3) is 0 Å². The van der Waals surface area contributed by atoms with Gasteiger partial charge >= 0.3 is 5.97 Å². The highest BCUT2D eigenvalue weighted by atomic mass is 32.2. The van der Waals surface area contributed by atoms with Crippen molar-refractivity contribution in [3.63, 3.8) is 0 Å². The Kier molecular flexibility index (Phi) is 9.65. The lowest BCUT2D eigenvalue weighted by atomic mass is 10.0. The third kappa shape index (κ3) is 7.96. The lowest BCUT2D eigenvalue weighted by Crippen LogP contribution is -2.44. The SMILES string of the molecule is CC(CN1CCOCC1)NCc1ccc(-c2cccc(S(=O)(=O)N[C@H](CC(=O)O)c3ccccc3)c2)cc1. The van der Waals surface area contributed by atoms with Gasteiger partial charge in [0.1, 0.15) is 0 Å². The maximum atomic E-state index is 13.2. The Labute approximate surface area is 224 Å². The van der Waals surface area contributed by atoms with Crippen LogP contribution in [0.2, 0.25) is 0 Å². The molecule has 0 aliphatic carbocycles. The molecule has 2 atom stereocenters. The number of nitrogens with zero attached hydrogens (tertiary/aromatic N) is 1. The van der Waals surface area contributed by atoms with Crippen LogP contribution >= 0.6 is 0 Å². The van der Waals surface area contributed by atoms with Gasteiger partial charge in [0.15, 0.2) is 0 Å². The third-order valence-electron chi connectivity index (χ3n) is 6.60. The molecule has 4 rings (SSSR count). The van der Waals surface area contributed by atoms with E-state index in [4.69, 9.17) is 4.74 Å². The molecule has 38 heavy (non-hydrogen) atoms. The summed E-state index contributed by atoms with van der Waals surface area (Å²) in [5, 5.41) is 12.9. The van der Waals surface area contributed by atoms with Gasteiger partial charge in [-0.05, 0) is 41.3 Å². The average molecular weight is 538 g/mol. The zero-order valence-corrected chi connectivity index (χ0v) is 22.4. The summed E-state index contributed by atoms with van der Waals surface area (Å²) in [4.78, 5) is 13.9. The number of morpholine rings is 1. The number of carboxylic acids is 1. The predicted molar refractivity (Wildman–Crippen MR) is 147 cm³/mol. The van der Waals surface area contributed by atoms with Crippen molar-refractivity contribution in [3.8, 4) is 11.1 Å². The molecule has 1 saturated heterocycles. The summed E-state index contributed by atoms with van der Waals surface area (Å²) in [7, 11) is -3.96. The molecule has 1 heterocycles. The fraction of sp³-hybridized carbons (Fsp3) is 0.345. The second kappa shape index (κ2) is 13.1. The van der Waals surface area contributed by atoms with E-state index in [1.807, 2.05) is 30.3 Å². The normalized spacial score (nSPS) is 16.1. The first-order valence-corrected chi connectivity index (χ1v) is 14.3. The summed E-state index contributed by atoms with van der Waals surface area (Å²) in [6, 6.07) is 23.0. The van der Waals surface area contributed by atoms with Crippen molar-refractivity contribution in [2.45, 2.75) is 36.9 Å². The van der Waals surface area contributed by atoms with Crippen LogP contribution in [-0.2, 0) is 26.1 Å². The van der Waals surface area contributed by atoms with Crippen molar-refractivity contribution in [2.24, 2.45) is 0 Å². The third-order valence-corrected chi connectivity index (χ3v) is 8.07. The topological polar surface area (TPSA) is 108 Å². The van der Waals surface area contributed by atoms with Crippen LogP contribution in [0.4, 0.5) is 0 Å². The van der Waals surface area contributed by atoms with E-state index in [1.54, 1.807) is 42.5 Å². The van der Waals surface area contributed by atoms with Gasteiger partial charge in [-0.1, -0.05) is 66.7 Å². The predicted octanol–water partition coefficient (Wildman–Crippen LogP) is 3.66. The van der Waals surface area contributed by atoms with E-state index in [9.17, 15) is 18.3 Å². The second-order valence-corrected chi connectivity index (χ2v) is 11.3. The van der Waals surface area contributed by atoms with Crippen molar-refractivity contribution in [3.05, 3.63) is 90.0 Å². The van der Waals surface area contributed by atoms with Crippen LogP contribution in [0.3, 0.4) is 0 Å². The van der Waals surface area contributed by atoms with Crippen LogP contribution in [0.5, 0.6) is 0 Å². The summed E-state index contributed by atoms with van der Waals surface area (Å²) in [6.07, 6.45) is -0.358. The Morgan fingerprint density at radius 2 is 1.68 bits per heavy atom. The minimum Gasteiger partial charge on any atom is -0.481 e. The number of carbonyl (C=O) groups is 1. The molecule has 3 N–H and O–H groups in total. The number of hydrogen-bond donors (Lipinski definition) is 3. The number of ether oxygens (including phenoxy) is 1. The first-order chi connectivity index (χ1) is 18.3. The highest BCUT2D eigenvalue weighted by molar-refractivity contribution is 7.89. The second-order valence-electron chi connectivity index (χ2n) is 9.60. The minimum absolute atomic E-state index is 0.0870. The largest absolute Gasteiger partial charge is 0.481 e. The Bertz CT molecular complexity index is 1290. The molecule has 1 aliphatic heterocycles. The molecule has 1 fully saturated rings. The van der Waals surface area contributed by atoms with Crippen LogP contribution in [0.25, 0.3) is 11.1 Å². The summed E-state index contributed by atoms with van der Waals surface area (Å²) < 4.78 is 34.4. The Balaban J connectivity index is 1.41.